The van der Waals surface area contributed by atoms with Gasteiger partial charge in [-0.15, -0.1) is 5.10 Å². The van der Waals surface area contributed by atoms with Crippen molar-refractivity contribution in [1.29, 1.82) is 0 Å². The number of anilines is 1. The van der Waals surface area contributed by atoms with Crippen LogP contribution in [0.25, 0.3) is 5.69 Å². The Morgan fingerprint density at radius 2 is 1.80 bits per heavy atom. The summed E-state index contributed by atoms with van der Waals surface area (Å²) in [5, 5.41) is 34.2. The number of ether oxygens (including phenoxy) is 3. The zero-order valence-corrected chi connectivity index (χ0v) is 28.1. The molecular formula is C32H26Cl2N6O8S. The molecule has 1 heterocycles. The maximum atomic E-state index is 13.6. The predicted octanol–water partition coefficient (Wildman–Crippen LogP) is 8.03. The maximum Gasteiger partial charge on any atom is 0.419 e. The first-order chi connectivity index (χ1) is 23.5. The van der Waals surface area contributed by atoms with Crippen LogP contribution < -0.4 is 19.1 Å². The summed E-state index contributed by atoms with van der Waals surface area (Å²) in [7, 11) is 1.35. The molecule has 0 aliphatic heterocycles. The largest absolute Gasteiger partial charge is 0.487 e. The zero-order valence-electron chi connectivity index (χ0n) is 25.8. The molecule has 0 unspecified atom stereocenters. The Labute approximate surface area is 293 Å². The molecule has 14 nitrogen and oxygen atoms in total. The molecule has 0 atom stereocenters. The molecule has 1 N–H and O–H groups in total. The Kier molecular flexibility index (Phi) is 11.2. The lowest BCUT2D eigenvalue weighted by atomic mass is 10.1. The van der Waals surface area contributed by atoms with Crippen molar-refractivity contribution in [2.45, 2.75) is 24.4 Å². The van der Waals surface area contributed by atoms with Gasteiger partial charge in [0.15, 0.2) is 0 Å². The van der Waals surface area contributed by atoms with Gasteiger partial charge in [0.25, 0.3) is 0 Å². The smallest absolute Gasteiger partial charge is 0.419 e. The van der Waals surface area contributed by atoms with Gasteiger partial charge in [-0.05, 0) is 60.3 Å². The fraction of sp³-hybridized carbons (Fsp3) is 0.125. The summed E-state index contributed by atoms with van der Waals surface area (Å²) in [6, 6.07) is 21.6. The Morgan fingerprint density at radius 1 is 1.02 bits per heavy atom. The summed E-state index contributed by atoms with van der Waals surface area (Å²) in [5.41, 5.74) is 2.20. The van der Waals surface area contributed by atoms with Crippen LogP contribution in [0.5, 0.6) is 17.2 Å². The van der Waals surface area contributed by atoms with E-state index in [0.29, 0.717) is 26.3 Å². The van der Waals surface area contributed by atoms with Gasteiger partial charge in [0, 0.05) is 46.1 Å². The SMILES string of the molecule is C=C(OO)Oc1cc(OCc2cc(C)ccc2Cl)c(N(C)C(=O)Oc2ccc(Cl)cc2CSc2nnnn2-c2ccccc2)cc1[N+](=O)[O-]. The van der Waals surface area contributed by atoms with E-state index in [4.69, 9.17) is 42.7 Å². The van der Waals surface area contributed by atoms with Crippen LogP contribution in [0.1, 0.15) is 16.7 Å². The topological polar surface area (TPSA) is 164 Å². The second-order valence-electron chi connectivity index (χ2n) is 10.2. The number of benzene rings is 4. The van der Waals surface area contributed by atoms with Gasteiger partial charge in [0.2, 0.25) is 10.9 Å². The minimum absolute atomic E-state index is 0.0250. The number of carbonyl (C=O) groups excluding carboxylic acids is 1. The number of nitro groups is 1. The molecule has 1 aromatic heterocycles. The molecule has 0 spiro atoms. The van der Waals surface area contributed by atoms with Gasteiger partial charge in [-0.25, -0.2) is 4.79 Å². The molecule has 0 saturated carbocycles. The molecule has 0 aliphatic rings. The first kappa shape index (κ1) is 35.0. The van der Waals surface area contributed by atoms with Crippen molar-refractivity contribution in [2.75, 3.05) is 11.9 Å². The molecule has 5 rings (SSSR count). The van der Waals surface area contributed by atoms with Crippen LogP contribution in [-0.4, -0.2) is 43.5 Å². The molecule has 4 aromatic carbocycles. The van der Waals surface area contributed by atoms with Crippen molar-refractivity contribution in [1.82, 2.24) is 20.2 Å². The molecule has 0 radical (unpaired) electrons. The molecule has 49 heavy (non-hydrogen) atoms. The summed E-state index contributed by atoms with van der Waals surface area (Å²) in [6.07, 6.45) is -0.910. The van der Waals surface area contributed by atoms with E-state index in [1.807, 2.05) is 49.4 Å². The van der Waals surface area contributed by atoms with E-state index >= 15 is 0 Å². The predicted molar refractivity (Wildman–Crippen MR) is 182 cm³/mol. The lowest BCUT2D eigenvalue weighted by molar-refractivity contribution is -0.386. The van der Waals surface area contributed by atoms with Crippen molar-refractivity contribution >= 4 is 52.4 Å². The zero-order chi connectivity index (χ0) is 35.1. The van der Waals surface area contributed by atoms with Gasteiger partial charge < -0.3 is 19.1 Å². The van der Waals surface area contributed by atoms with Crippen LogP contribution in [0.15, 0.2) is 96.5 Å². The van der Waals surface area contributed by atoms with Gasteiger partial charge in [0.1, 0.15) is 18.1 Å². The van der Waals surface area contributed by atoms with Crippen LogP contribution in [0.4, 0.5) is 16.2 Å². The van der Waals surface area contributed by atoms with Crippen molar-refractivity contribution in [3.05, 3.63) is 128 Å². The minimum atomic E-state index is -0.910. The number of rotatable bonds is 13. The summed E-state index contributed by atoms with van der Waals surface area (Å²) in [6.45, 7) is 5.13. The fourth-order valence-electron chi connectivity index (χ4n) is 4.42. The van der Waals surface area contributed by atoms with Crippen molar-refractivity contribution in [3.63, 3.8) is 0 Å². The minimum Gasteiger partial charge on any atom is -0.487 e. The van der Waals surface area contributed by atoms with Gasteiger partial charge in [-0.1, -0.05) is 70.9 Å². The normalized spacial score (nSPS) is 10.7. The van der Waals surface area contributed by atoms with Crippen LogP contribution in [-0.2, 0) is 17.2 Å². The lowest BCUT2D eigenvalue weighted by Gasteiger charge is -2.22. The maximum absolute atomic E-state index is 13.6. The van der Waals surface area contributed by atoms with Gasteiger partial charge in [-0.2, -0.15) is 9.94 Å². The van der Waals surface area contributed by atoms with E-state index in [0.717, 1.165) is 28.3 Å². The molecule has 17 heteroatoms. The summed E-state index contributed by atoms with van der Waals surface area (Å²) < 4.78 is 18.6. The Morgan fingerprint density at radius 3 is 2.53 bits per heavy atom. The van der Waals surface area contributed by atoms with Gasteiger partial charge in [-0.3, -0.25) is 15.0 Å². The summed E-state index contributed by atoms with van der Waals surface area (Å²) in [4.78, 5) is 29.9. The van der Waals surface area contributed by atoms with E-state index in [1.165, 1.54) is 24.9 Å². The first-order valence-corrected chi connectivity index (χ1v) is 15.9. The third-order valence-electron chi connectivity index (χ3n) is 6.80. The van der Waals surface area contributed by atoms with Crippen LogP contribution in [0.2, 0.25) is 10.0 Å². The van der Waals surface area contributed by atoms with Gasteiger partial charge >= 0.3 is 17.7 Å². The number of aryl methyl sites for hydroxylation is 1. The number of para-hydroxylation sites is 1. The third-order valence-corrected chi connectivity index (χ3v) is 8.37. The van der Waals surface area contributed by atoms with E-state index < -0.39 is 22.6 Å². The summed E-state index contributed by atoms with van der Waals surface area (Å²) >= 11 is 13.9. The van der Waals surface area contributed by atoms with Crippen molar-refractivity contribution in [2.24, 2.45) is 0 Å². The highest BCUT2D eigenvalue weighted by molar-refractivity contribution is 7.98. The molecule has 5 aromatic rings. The van der Waals surface area contributed by atoms with Crippen LogP contribution in [0, 0.1) is 17.0 Å². The van der Waals surface area contributed by atoms with Crippen molar-refractivity contribution < 1.29 is 34.1 Å². The lowest BCUT2D eigenvalue weighted by Crippen LogP contribution is -2.30. The molecule has 0 bridgehead atoms. The average molecular weight is 726 g/mol. The highest BCUT2D eigenvalue weighted by Crippen LogP contribution is 2.41. The van der Waals surface area contributed by atoms with Crippen LogP contribution in [0.3, 0.4) is 0 Å². The molecule has 0 saturated heterocycles. The van der Waals surface area contributed by atoms with E-state index in [2.05, 4.69) is 27.0 Å². The number of hydrogen-bond donors (Lipinski definition) is 1. The Hall–Kier alpha value is -5.35. The average Bonchev–Trinajstić information content (AvgIpc) is 3.57. The highest BCUT2D eigenvalue weighted by Gasteiger charge is 2.27. The monoisotopic (exact) mass is 724 g/mol. The summed E-state index contributed by atoms with van der Waals surface area (Å²) in [5.74, 6) is -0.604. The number of tetrazole rings is 1. The Balaban J connectivity index is 1.43. The van der Waals surface area contributed by atoms with Crippen molar-refractivity contribution in [3.8, 4) is 22.9 Å². The number of hydrogen-bond acceptors (Lipinski definition) is 12. The van der Waals surface area contributed by atoms with Crippen LogP contribution >= 0.6 is 35.0 Å². The van der Waals surface area contributed by atoms with E-state index in [1.54, 1.807) is 22.9 Å². The third kappa shape index (κ3) is 8.58. The molecule has 0 aliphatic carbocycles. The molecule has 1 amide bonds. The fourth-order valence-corrected chi connectivity index (χ4v) is 5.65. The first-order valence-electron chi connectivity index (χ1n) is 14.1. The number of carbonyl (C=O) groups is 1. The number of aromatic nitrogens is 4. The number of amides is 1. The quantitative estimate of drug-likeness (QED) is 0.0409. The second kappa shape index (κ2) is 15.7. The molecular weight excluding hydrogens is 699 g/mol. The standard InChI is InChI=1S/C32H26Cl2N6O8S/c1-19-9-11-25(34)21(13-19)17-45-29-16-30(46-20(2)48-44)27(40(42)43)15-26(29)38(3)32(41)47-28-12-10-23(33)14-22(28)18-49-31-35-36-37-39(31)24-7-5-4-6-8-24/h4-16,44H,2,17-18H2,1,3H3. The number of nitro benzene ring substituents is 1. The molecule has 0 fully saturated rings. The second-order valence-corrected chi connectivity index (χ2v) is 12.0. The number of halogens is 2. The molecule has 252 valence electrons. The number of nitrogens with zero attached hydrogens (tertiary/aromatic N) is 6. The highest BCUT2D eigenvalue weighted by atomic mass is 35.5. The Bertz CT molecular complexity index is 2010. The van der Waals surface area contributed by atoms with E-state index in [9.17, 15) is 14.9 Å². The number of thioether (sulfide) groups is 1. The van der Waals surface area contributed by atoms with Gasteiger partial charge in [0.05, 0.1) is 16.3 Å². The van der Waals surface area contributed by atoms with E-state index in [-0.39, 0.29) is 35.3 Å².